The molecule has 0 bridgehead atoms. The van der Waals surface area contributed by atoms with Crippen LogP contribution in [0.25, 0.3) is 0 Å². The van der Waals surface area contributed by atoms with Gasteiger partial charge in [-0.1, -0.05) is 6.07 Å². The largest absolute Gasteiger partial charge is 0.493 e. The first kappa shape index (κ1) is 20.3. The standard InChI is InChI=1S/C18H19F3N2O4/c1-11(12-4-6-14(25-2)15(8-12)26-3)23-17(24)13-5-7-16(22-9-13)27-10-18(19,20)21/h4-9,11H,10H2,1-3H3,(H,23,24). The fourth-order valence-corrected chi connectivity index (χ4v) is 2.24. The number of nitrogens with one attached hydrogen (secondary N) is 1. The monoisotopic (exact) mass is 384 g/mol. The van der Waals surface area contributed by atoms with E-state index in [9.17, 15) is 18.0 Å². The highest BCUT2D eigenvalue weighted by molar-refractivity contribution is 5.94. The Kier molecular flexibility index (Phi) is 6.49. The fraction of sp³-hybridized carbons (Fsp3) is 0.333. The van der Waals surface area contributed by atoms with Crippen LogP contribution in [0, 0.1) is 0 Å². The van der Waals surface area contributed by atoms with Gasteiger partial charge in [0.2, 0.25) is 5.88 Å². The lowest BCUT2D eigenvalue weighted by atomic mass is 10.1. The second-order valence-electron chi connectivity index (χ2n) is 5.60. The van der Waals surface area contributed by atoms with E-state index >= 15 is 0 Å². The van der Waals surface area contributed by atoms with Crippen LogP contribution < -0.4 is 19.5 Å². The van der Waals surface area contributed by atoms with Crippen LogP contribution in [0.3, 0.4) is 0 Å². The minimum absolute atomic E-state index is 0.196. The lowest BCUT2D eigenvalue weighted by molar-refractivity contribution is -0.154. The summed E-state index contributed by atoms with van der Waals surface area (Å²) in [6, 6.07) is 7.47. The number of hydrogen-bond donors (Lipinski definition) is 1. The molecule has 1 unspecified atom stereocenters. The van der Waals surface area contributed by atoms with Crippen molar-refractivity contribution in [2.75, 3.05) is 20.8 Å². The number of carbonyl (C=O) groups is 1. The lowest BCUT2D eigenvalue weighted by Crippen LogP contribution is -2.26. The summed E-state index contributed by atoms with van der Waals surface area (Å²) in [6.45, 7) is 0.343. The van der Waals surface area contributed by atoms with E-state index < -0.39 is 18.7 Å². The summed E-state index contributed by atoms with van der Waals surface area (Å²) < 4.78 is 51.3. The SMILES string of the molecule is COc1ccc(C(C)NC(=O)c2ccc(OCC(F)(F)F)nc2)cc1OC. The molecule has 0 aliphatic rings. The summed E-state index contributed by atoms with van der Waals surface area (Å²) in [7, 11) is 3.04. The molecule has 0 spiro atoms. The number of ether oxygens (including phenoxy) is 3. The number of rotatable bonds is 7. The smallest absolute Gasteiger partial charge is 0.422 e. The number of aromatic nitrogens is 1. The van der Waals surface area contributed by atoms with Crippen molar-refractivity contribution in [1.29, 1.82) is 0 Å². The van der Waals surface area contributed by atoms with E-state index in [1.807, 2.05) is 0 Å². The average Bonchev–Trinajstić information content (AvgIpc) is 2.65. The zero-order valence-electron chi connectivity index (χ0n) is 15.0. The molecule has 1 heterocycles. The third-order valence-corrected chi connectivity index (χ3v) is 3.64. The minimum atomic E-state index is -4.45. The van der Waals surface area contributed by atoms with E-state index in [0.29, 0.717) is 11.5 Å². The molecule has 1 N–H and O–H groups in total. The van der Waals surface area contributed by atoms with Crippen LogP contribution in [0.2, 0.25) is 0 Å². The number of halogens is 3. The topological polar surface area (TPSA) is 69.7 Å². The van der Waals surface area contributed by atoms with Crippen molar-refractivity contribution in [2.24, 2.45) is 0 Å². The molecule has 0 aliphatic carbocycles. The number of alkyl halides is 3. The number of methoxy groups -OCH3 is 2. The van der Waals surface area contributed by atoms with Crippen LogP contribution in [0.1, 0.15) is 28.9 Å². The molecular weight excluding hydrogens is 365 g/mol. The van der Waals surface area contributed by atoms with Gasteiger partial charge in [-0.05, 0) is 30.7 Å². The third-order valence-electron chi connectivity index (χ3n) is 3.64. The summed E-state index contributed by atoms with van der Waals surface area (Å²) in [5, 5.41) is 2.78. The van der Waals surface area contributed by atoms with E-state index in [4.69, 9.17) is 9.47 Å². The molecule has 2 rings (SSSR count). The maximum atomic E-state index is 12.3. The van der Waals surface area contributed by atoms with Gasteiger partial charge in [0, 0.05) is 12.3 Å². The number of carbonyl (C=O) groups excluding carboxylic acids is 1. The molecule has 6 nitrogen and oxygen atoms in total. The highest BCUT2D eigenvalue weighted by Crippen LogP contribution is 2.30. The number of amides is 1. The van der Waals surface area contributed by atoms with Crippen molar-refractivity contribution in [3.8, 4) is 17.4 Å². The molecule has 0 saturated heterocycles. The Bertz CT molecular complexity index is 779. The zero-order valence-corrected chi connectivity index (χ0v) is 15.0. The van der Waals surface area contributed by atoms with Crippen molar-refractivity contribution in [1.82, 2.24) is 10.3 Å². The molecule has 1 aromatic carbocycles. The van der Waals surface area contributed by atoms with Gasteiger partial charge in [-0.25, -0.2) is 4.98 Å². The van der Waals surface area contributed by atoms with Gasteiger partial charge in [0.05, 0.1) is 25.8 Å². The molecular formula is C18H19F3N2O4. The van der Waals surface area contributed by atoms with E-state index in [1.165, 1.54) is 26.4 Å². The van der Waals surface area contributed by atoms with Gasteiger partial charge in [-0.15, -0.1) is 0 Å². The average molecular weight is 384 g/mol. The van der Waals surface area contributed by atoms with Crippen molar-refractivity contribution in [3.63, 3.8) is 0 Å². The number of hydrogen-bond acceptors (Lipinski definition) is 5. The lowest BCUT2D eigenvalue weighted by Gasteiger charge is -2.16. The van der Waals surface area contributed by atoms with Crippen LogP contribution in [-0.4, -0.2) is 37.9 Å². The highest BCUT2D eigenvalue weighted by Gasteiger charge is 2.28. The van der Waals surface area contributed by atoms with Gasteiger partial charge in [0.1, 0.15) is 0 Å². The van der Waals surface area contributed by atoms with E-state index in [0.717, 1.165) is 11.8 Å². The Morgan fingerprint density at radius 2 is 1.85 bits per heavy atom. The molecule has 1 atom stereocenters. The number of benzene rings is 1. The van der Waals surface area contributed by atoms with Crippen LogP contribution in [-0.2, 0) is 0 Å². The predicted octanol–water partition coefficient (Wildman–Crippen LogP) is 3.53. The summed E-state index contributed by atoms with van der Waals surface area (Å²) in [5.74, 6) is 0.464. The van der Waals surface area contributed by atoms with Gasteiger partial charge in [-0.3, -0.25) is 4.79 Å². The fourth-order valence-electron chi connectivity index (χ4n) is 2.24. The molecule has 1 amide bonds. The molecule has 9 heteroatoms. The molecule has 1 aromatic heterocycles. The first-order chi connectivity index (χ1) is 12.7. The van der Waals surface area contributed by atoms with Gasteiger partial charge in [0.15, 0.2) is 18.1 Å². The summed E-state index contributed by atoms with van der Waals surface area (Å²) in [5.41, 5.74) is 0.987. The Morgan fingerprint density at radius 3 is 2.41 bits per heavy atom. The van der Waals surface area contributed by atoms with E-state index in [2.05, 4.69) is 15.0 Å². The minimum Gasteiger partial charge on any atom is -0.493 e. The third kappa shape index (κ3) is 5.77. The number of nitrogens with zero attached hydrogens (tertiary/aromatic N) is 1. The zero-order chi connectivity index (χ0) is 20.0. The normalized spacial score (nSPS) is 12.2. The highest BCUT2D eigenvalue weighted by atomic mass is 19.4. The maximum absolute atomic E-state index is 12.3. The second kappa shape index (κ2) is 8.61. The quantitative estimate of drug-likeness (QED) is 0.791. The summed E-state index contributed by atoms with van der Waals surface area (Å²) in [4.78, 5) is 16.0. The Balaban J connectivity index is 2.02. The Labute approximate surface area is 154 Å². The van der Waals surface area contributed by atoms with Gasteiger partial charge in [-0.2, -0.15) is 13.2 Å². The maximum Gasteiger partial charge on any atom is 0.422 e. The predicted molar refractivity (Wildman–Crippen MR) is 91.2 cm³/mol. The van der Waals surface area contributed by atoms with Crippen LogP contribution in [0.15, 0.2) is 36.5 Å². The molecule has 2 aromatic rings. The van der Waals surface area contributed by atoms with Crippen LogP contribution in [0.4, 0.5) is 13.2 Å². The molecule has 27 heavy (non-hydrogen) atoms. The Hall–Kier alpha value is -2.97. The Morgan fingerprint density at radius 1 is 1.15 bits per heavy atom. The first-order valence-electron chi connectivity index (χ1n) is 7.92. The molecule has 146 valence electrons. The van der Waals surface area contributed by atoms with Crippen molar-refractivity contribution < 1.29 is 32.2 Å². The molecule has 0 aliphatic heterocycles. The molecule has 0 fully saturated rings. The number of pyridine rings is 1. The van der Waals surface area contributed by atoms with Crippen LogP contribution >= 0.6 is 0 Å². The molecule has 0 radical (unpaired) electrons. The summed E-state index contributed by atoms with van der Waals surface area (Å²) in [6.07, 6.45) is -3.30. The van der Waals surface area contributed by atoms with Crippen molar-refractivity contribution in [2.45, 2.75) is 19.1 Å². The van der Waals surface area contributed by atoms with Crippen molar-refractivity contribution >= 4 is 5.91 Å². The first-order valence-corrected chi connectivity index (χ1v) is 7.92. The van der Waals surface area contributed by atoms with E-state index in [-0.39, 0.29) is 17.5 Å². The second-order valence-corrected chi connectivity index (χ2v) is 5.60. The van der Waals surface area contributed by atoms with Crippen LogP contribution in [0.5, 0.6) is 17.4 Å². The summed E-state index contributed by atoms with van der Waals surface area (Å²) >= 11 is 0. The van der Waals surface area contributed by atoms with Gasteiger partial charge in [0.25, 0.3) is 5.91 Å². The van der Waals surface area contributed by atoms with E-state index in [1.54, 1.807) is 25.1 Å². The van der Waals surface area contributed by atoms with Gasteiger partial charge >= 0.3 is 6.18 Å². The molecule has 0 saturated carbocycles. The van der Waals surface area contributed by atoms with Gasteiger partial charge < -0.3 is 19.5 Å². The van der Waals surface area contributed by atoms with Crippen molar-refractivity contribution in [3.05, 3.63) is 47.7 Å².